The molecule has 5 nitrogen and oxygen atoms in total. The van der Waals surface area contributed by atoms with Gasteiger partial charge in [-0.05, 0) is 97.4 Å². The van der Waals surface area contributed by atoms with Gasteiger partial charge in [-0.3, -0.25) is 0 Å². The summed E-state index contributed by atoms with van der Waals surface area (Å²) in [5.74, 6) is 3.45. The molecule has 2 aromatic heterocycles. The third kappa shape index (κ3) is 5.24. The van der Waals surface area contributed by atoms with E-state index < -0.39 is 5.41 Å². The van der Waals surface area contributed by atoms with Gasteiger partial charge in [0.15, 0.2) is 17.5 Å². The first-order valence-electron chi connectivity index (χ1n) is 22.0. The van der Waals surface area contributed by atoms with E-state index in [-0.39, 0.29) is 0 Å². The second-order valence-electron chi connectivity index (χ2n) is 17.0. The fraction of sp³-hybridized carbons (Fsp3) is 0.0167. The predicted molar refractivity (Wildman–Crippen MR) is 261 cm³/mol. The third-order valence-corrected chi connectivity index (χ3v) is 13.6. The summed E-state index contributed by atoms with van der Waals surface area (Å²) in [6.45, 7) is 0. The fourth-order valence-electron chi connectivity index (χ4n) is 10.7. The lowest BCUT2D eigenvalue weighted by Gasteiger charge is -2.39. The molecule has 302 valence electrons. The van der Waals surface area contributed by atoms with Gasteiger partial charge in [0, 0.05) is 38.6 Å². The molecule has 0 bridgehead atoms. The second kappa shape index (κ2) is 13.7. The van der Waals surface area contributed by atoms with Gasteiger partial charge < -0.3 is 9.15 Å². The molecule has 65 heavy (non-hydrogen) atoms. The molecule has 14 rings (SSSR count). The predicted octanol–water partition coefficient (Wildman–Crippen LogP) is 15.2. The van der Waals surface area contributed by atoms with Gasteiger partial charge in [-0.25, -0.2) is 15.0 Å². The summed E-state index contributed by atoms with van der Waals surface area (Å²) in [4.78, 5) is 15.9. The van der Waals surface area contributed by atoms with E-state index in [1.165, 1.54) is 27.1 Å². The zero-order chi connectivity index (χ0) is 42.6. The molecule has 1 aliphatic carbocycles. The van der Waals surface area contributed by atoms with E-state index in [9.17, 15) is 0 Å². The van der Waals surface area contributed by atoms with Gasteiger partial charge in [0.25, 0.3) is 0 Å². The molecule has 10 aromatic carbocycles. The molecule has 0 unspecified atom stereocenters. The van der Waals surface area contributed by atoms with Gasteiger partial charge in [0.2, 0.25) is 0 Å². The van der Waals surface area contributed by atoms with Crippen molar-refractivity contribution < 1.29 is 9.15 Å². The van der Waals surface area contributed by atoms with Crippen molar-refractivity contribution in [2.75, 3.05) is 0 Å². The first kappa shape index (κ1) is 35.9. The van der Waals surface area contributed by atoms with Crippen LogP contribution in [-0.2, 0) is 5.41 Å². The lowest BCUT2D eigenvalue weighted by molar-refractivity contribution is 0.436. The Balaban J connectivity index is 1.05. The highest BCUT2D eigenvalue weighted by Crippen LogP contribution is 2.63. The van der Waals surface area contributed by atoms with Crippen molar-refractivity contribution in [3.63, 3.8) is 0 Å². The maximum Gasteiger partial charge on any atom is 0.164 e. The van der Waals surface area contributed by atoms with Crippen LogP contribution in [0.15, 0.2) is 217 Å². The van der Waals surface area contributed by atoms with Crippen LogP contribution in [0.25, 0.3) is 99.9 Å². The van der Waals surface area contributed by atoms with Crippen LogP contribution in [0.5, 0.6) is 11.5 Å². The number of hydrogen-bond donors (Lipinski definition) is 0. The van der Waals surface area contributed by atoms with Crippen molar-refractivity contribution in [3.8, 4) is 67.9 Å². The van der Waals surface area contributed by atoms with Gasteiger partial charge >= 0.3 is 0 Å². The summed E-state index contributed by atoms with van der Waals surface area (Å²) in [6, 6.07) is 75.1. The van der Waals surface area contributed by atoms with Gasteiger partial charge in [-0.2, -0.15) is 0 Å². The summed E-state index contributed by atoms with van der Waals surface area (Å²) >= 11 is 0. The lowest BCUT2D eigenvalue weighted by Crippen LogP contribution is -2.32. The number of rotatable bonds is 4. The Bertz CT molecular complexity index is 3900. The van der Waals surface area contributed by atoms with E-state index in [4.69, 9.17) is 24.1 Å². The van der Waals surface area contributed by atoms with Gasteiger partial charge in [0.05, 0.1) is 5.41 Å². The zero-order valence-corrected chi connectivity index (χ0v) is 34.9. The average molecular weight is 830 g/mol. The van der Waals surface area contributed by atoms with Crippen LogP contribution in [-0.4, -0.2) is 15.0 Å². The molecule has 3 heterocycles. The van der Waals surface area contributed by atoms with Gasteiger partial charge in [-0.1, -0.05) is 170 Å². The van der Waals surface area contributed by atoms with Crippen LogP contribution < -0.4 is 4.74 Å². The van der Waals surface area contributed by atoms with E-state index in [0.29, 0.717) is 17.5 Å². The Morgan fingerprint density at radius 3 is 1.75 bits per heavy atom. The van der Waals surface area contributed by atoms with E-state index in [1.54, 1.807) is 0 Å². The molecule has 0 amide bonds. The summed E-state index contributed by atoms with van der Waals surface area (Å²) in [5.41, 5.74) is 12.7. The maximum atomic E-state index is 6.72. The molecule has 0 radical (unpaired) electrons. The van der Waals surface area contributed by atoms with Crippen LogP contribution in [0.3, 0.4) is 0 Å². The second-order valence-corrected chi connectivity index (χ2v) is 17.0. The molecule has 1 aliphatic heterocycles. The molecule has 0 atom stereocenters. The fourth-order valence-corrected chi connectivity index (χ4v) is 10.7. The maximum absolute atomic E-state index is 6.72. The minimum atomic E-state index is -0.686. The SMILES string of the molecule is c1ccc(-c2nc(-c3ccc4c(c3)oc3ccccc34)nc(-c3cccc4c3-c3cc(-c5ccc6ccc7ccccc7c6c5)ccc3C43c4ccccc4Oc4ccccc43)n2)cc1. The molecule has 0 saturated carbocycles. The number of hydrogen-bond acceptors (Lipinski definition) is 5. The number of benzene rings is 10. The Morgan fingerprint density at radius 2 is 0.923 bits per heavy atom. The summed E-state index contributed by atoms with van der Waals surface area (Å²) < 4.78 is 13.1. The van der Waals surface area contributed by atoms with E-state index in [0.717, 1.165) is 89.1 Å². The lowest BCUT2D eigenvalue weighted by atomic mass is 9.66. The standard InChI is InChI=1S/C60H35N3O2/c1-2-14-38(15-3-1)57-61-58(41-29-31-44-43-17-6-9-22-52(43)64-55(44)35-41)63-59(62-57)45-18-12-21-51-56(45)47-34-40(39-28-27-37-26-25-36-13-4-5-16-42(36)46(37)33-39)30-32-48(47)60(51)49-19-7-10-23-53(49)65-54-24-11-8-20-50(54)60/h1-35H. The van der Waals surface area contributed by atoms with Crippen LogP contribution >= 0.6 is 0 Å². The average Bonchev–Trinajstić information content (AvgIpc) is 3.89. The van der Waals surface area contributed by atoms with Crippen molar-refractivity contribution >= 4 is 43.5 Å². The molecule has 0 saturated heterocycles. The number of para-hydroxylation sites is 3. The Labute approximate surface area is 373 Å². The van der Waals surface area contributed by atoms with Gasteiger partial charge in [-0.15, -0.1) is 0 Å². The Morgan fingerprint density at radius 1 is 0.323 bits per heavy atom. The smallest absolute Gasteiger partial charge is 0.164 e. The first-order chi connectivity index (χ1) is 32.2. The molecule has 12 aromatic rings. The highest BCUT2D eigenvalue weighted by molar-refractivity contribution is 6.09. The molecule has 5 heteroatoms. The topological polar surface area (TPSA) is 61.0 Å². The quantitative estimate of drug-likeness (QED) is 0.165. The third-order valence-electron chi connectivity index (χ3n) is 13.6. The van der Waals surface area contributed by atoms with E-state index in [1.807, 2.05) is 36.4 Å². The number of aromatic nitrogens is 3. The zero-order valence-electron chi connectivity index (χ0n) is 34.9. The van der Waals surface area contributed by atoms with Crippen molar-refractivity contribution in [3.05, 3.63) is 235 Å². The molecular weight excluding hydrogens is 795 g/mol. The van der Waals surface area contributed by atoms with Crippen LogP contribution in [0, 0.1) is 0 Å². The minimum Gasteiger partial charge on any atom is -0.457 e. The monoisotopic (exact) mass is 829 g/mol. The van der Waals surface area contributed by atoms with E-state index in [2.05, 4.69) is 176 Å². The first-order valence-corrected chi connectivity index (χ1v) is 22.0. The van der Waals surface area contributed by atoms with Crippen molar-refractivity contribution in [1.82, 2.24) is 15.0 Å². The Hall–Kier alpha value is -8.67. The highest BCUT2D eigenvalue weighted by Gasteiger charge is 2.52. The minimum absolute atomic E-state index is 0.570. The van der Waals surface area contributed by atoms with Crippen LogP contribution in [0.2, 0.25) is 0 Å². The summed E-state index contributed by atoms with van der Waals surface area (Å²) in [7, 11) is 0. The number of ether oxygens (including phenoxy) is 1. The highest BCUT2D eigenvalue weighted by atomic mass is 16.5. The number of fused-ring (bicyclic) bond motifs is 15. The molecule has 1 spiro atoms. The molecule has 2 aliphatic rings. The van der Waals surface area contributed by atoms with E-state index >= 15 is 0 Å². The number of furan rings is 1. The number of nitrogens with zero attached hydrogens (tertiary/aromatic N) is 3. The summed E-state index contributed by atoms with van der Waals surface area (Å²) in [5, 5.41) is 7.06. The van der Waals surface area contributed by atoms with Crippen molar-refractivity contribution in [1.29, 1.82) is 0 Å². The largest absolute Gasteiger partial charge is 0.457 e. The molecule has 0 fully saturated rings. The van der Waals surface area contributed by atoms with Crippen LogP contribution in [0.4, 0.5) is 0 Å². The summed E-state index contributed by atoms with van der Waals surface area (Å²) in [6.07, 6.45) is 0. The van der Waals surface area contributed by atoms with Crippen LogP contribution in [0.1, 0.15) is 22.3 Å². The molecule has 0 N–H and O–H groups in total. The molecular formula is C60H35N3O2. The van der Waals surface area contributed by atoms with Crippen molar-refractivity contribution in [2.24, 2.45) is 0 Å². The normalized spacial score (nSPS) is 13.2. The Kier molecular flexibility index (Phi) is 7.54. The van der Waals surface area contributed by atoms with Gasteiger partial charge in [0.1, 0.15) is 22.7 Å². The van der Waals surface area contributed by atoms with Crippen molar-refractivity contribution in [2.45, 2.75) is 5.41 Å².